The molecule has 3 heteroatoms. The first-order valence-corrected chi connectivity index (χ1v) is 3.63. The number of nitrogens with one attached hydrogen (secondary N) is 1. The minimum atomic E-state index is -0.651. The van der Waals surface area contributed by atoms with Crippen LogP contribution in [0.2, 0.25) is 0 Å². The van der Waals surface area contributed by atoms with Gasteiger partial charge in [0.1, 0.15) is 0 Å². The van der Waals surface area contributed by atoms with Crippen molar-refractivity contribution in [1.29, 1.82) is 0 Å². The lowest BCUT2D eigenvalue weighted by atomic mass is 10.2. The zero-order valence-corrected chi connectivity index (χ0v) is 6.83. The Morgan fingerprint density at radius 2 is 1.70 bits per heavy atom. The summed E-state index contributed by atoms with van der Waals surface area (Å²) in [6, 6.07) is 0.355. The molecular formula is C7H17NO2. The van der Waals surface area contributed by atoms with Crippen molar-refractivity contribution in [2.45, 2.75) is 39.0 Å². The number of rotatable bonds is 4. The van der Waals surface area contributed by atoms with E-state index in [0.29, 0.717) is 12.6 Å². The van der Waals surface area contributed by atoms with Gasteiger partial charge in [0.25, 0.3) is 0 Å². The van der Waals surface area contributed by atoms with Crippen LogP contribution >= 0.6 is 0 Å². The highest BCUT2D eigenvalue weighted by atomic mass is 16.3. The third-order valence-corrected chi connectivity index (χ3v) is 1.29. The highest BCUT2D eigenvalue weighted by molar-refractivity contribution is 4.66. The van der Waals surface area contributed by atoms with Gasteiger partial charge in [-0.25, -0.2) is 0 Å². The van der Waals surface area contributed by atoms with Crippen molar-refractivity contribution in [2.75, 3.05) is 6.54 Å². The van der Waals surface area contributed by atoms with Crippen LogP contribution in [0.25, 0.3) is 0 Å². The molecule has 0 aromatic heterocycles. The molecule has 0 bridgehead atoms. The zero-order chi connectivity index (χ0) is 8.15. The van der Waals surface area contributed by atoms with E-state index < -0.39 is 12.2 Å². The van der Waals surface area contributed by atoms with Gasteiger partial charge in [-0.2, -0.15) is 0 Å². The fourth-order valence-corrected chi connectivity index (χ4v) is 0.527. The van der Waals surface area contributed by atoms with E-state index in [1.165, 1.54) is 0 Å². The van der Waals surface area contributed by atoms with Crippen LogP contribution in [0.15, 0.2) is 0 Å². The Balaban J connectivity index is 3.30. The molecule has 0 spiro atoms. The first-order valence-electron chi connectivity index (χ1n) is 3.63. The van der Waals surface area contributed by atoms with Gasteiger partial charge in [-0.15, -0.1) is 0 Å². The minimum absolute atomic E-state index is 0.355. The fraction of sp³-hybridized carbons (Fsp3) is 1.00. The Bertz CT molecular complexity index is 83.7. The zero-order valence-electron chi connectivity index (χ0n) is 6.83. The van der Waals surface area contributed by atoms with Crippen LogP contribution in [0, 0.1) is 0 Å². The van der Waals surface area contributed by atoms with Crippen molar-refractivity contribution in [3.05, 3.63) is 0 Å². The summed E-state index contributed by atoms with van der Waals surface area (Å²) in [5.74, 6) is 0. The SMILES string of the molecule is CC(C)NCC(O)C(C)O. The van der Waals surface area contributed by atoms with E-state index in [4.69, 9.17) is 10.2 Å². The van der Waals surface area contributed by atoms with Crippen LogP contribution in [-0.2, 0) is 0 Å². The Kier molecular flexibility index (Phi) is 4.60. The van der Waals surface area contributed by atoms with Crippen LogP contribution in [0.3, 0.4) is 0 Å². The van der Waals surface area contributed by atoms with Gasteiger partial charge in [-0.3, -0.25) is 0 Å². The third kappa shape index (κ3) is 4.73. The maximum Gasteiger partial charge on any atom is 0.0920 e. The Labute approximate surface area is 62.1 Å². The molecule has 0 heterocycles. The van der Waals surface area contributed by atoms with Gasteiger partial charge in [-0.1, -0.05) is 13.8 Å². The molecule has 62 valence electrons. The maximum absolute atomic E-state index is 9.06. The fourth-order valence-electron chi connectivity index (χ4n) is 0.527. The van der Waals surface area contributed by atoms with Crippen LogP contribution in [0.5, 0.6) is 0 Å². The average molecular weight is 147 g/mol. The van der Waals surface area contributed by atoms with Gasteiger partial charge in [-0.05, 0) is 6.92 Å². The van der Waals surface area contributed by atoms with Gasteiger partial charge in [0.2, 0.25) is 0 Å². The molecule has 0 rings (SSSR count). The summed E-state index contributed by atoms with van der Waals surface area (Å²) < 4.78 is 0. The largest absolute Gasteiger partial charge is 0.391 e. The van der Waals surface area contributed by atoms with Crippen LogP contribution in [0.1, 0.15) is 20.8 Å². The molecule has 0 aromatic carbocycles. The molecule has 0 aliphatic rings. The molecule has 0 aliphatic carbocycles. The van der Waals surface area contributed by atoms with E-state index in [1.807, 2.05) is 13.8 Å². The van der Waals surface area contributed by atoms with Crippen molar-refractivity contribution in [2.24, 2.45) is 0 Å². The van der Waals surface area contributed by atoms with E-state index in [-0.39, 0.29) is 0 Å². The predicted octanol–water partition coefficient (Wildman–Crippen LogP) is -0.274. The van der Waals surface area contributed by atoms with E-state index in [1.54, 1.807) is 6.92 Å². The lowest BCUT2D eigenvalue weighted by Crippen LogP contribution is -2.37. The van der Waals surface area contributed by atoms with Gasteiger partial charge in [0.15, 0.2) is 0 Å². The Hall–Kier alpha value is -0.120. The summed E-state index contributed by atoms with van der Waals surface area (Å²) >= 11 is 0. The number of aliphatic hydroxyl groups is 2. The van der Waals surface area contributed by atoms with E-state index in [0.717, 1.165) is 0 Å². The molecule has 0 saturated carbocycles. The van der Waals surface area contributed by atoms with Crippen LogP contribution in [0.4, 0.5) is 0 Å². The molecule has 3 nitrogen and oxygen atoms in total. The van der Waals surface area contributed by atoms with Crippen molar-refractivity contribution in [3.63, 3.8) is 0 Å². The minimum Gasteiger partial charge on any atom is -0.391 e. The van der Waals surface area contributed by atoms with Gasteiger partial charge >= 0.3 is 0 Å². The van der Waals surface area contributed by atoms with E-state index >= 15 is 0 Å². The summed E-state index contributed by atoms with van der Waals surface area (Å²) in [6.45, 7) is 6.02. The first-order chi connectivity index (χ1) is 4.54. The van der Waals surface area contributed by atoms with Crippen LogP contribution < -0.4 is 5.32 Å². The lowest BCUT2D eigenvalue weighted by Gasteiger charge is -2.15. The summed E-state index contributed by atoms with van der Waals surface area (Å²) in [6.07, 6.45) is -1.30. The topological polar surface area (TPSA) is 52.5 Å². The molecule has 2 unspecified atom stereocenters. The van der Waals surface area contributed by atoms with Crippen molar-refractivity contribution in [1.82, 2.24) is 5.32 Å². The molecule has 0 saturated heterocycles. The second kappa shape index (κ2) is 4.66. The smallest absolute Gasteiger partial charge is 0.0920 e. The first kappa shape index (κ1) is 9.88. The van der Waals surface area contributed by atoms with Crippen LogP contribution in [-0.4, -0.2) is 35.0 Å². The molecule has 0 aliphatic heterocycles. The van der Waals surface area contributed by atoms with Crippen molar-refractivity contribution < 1.29 is 10.2 Å². The summed E-state index contributed by atoms with van der Waals surface area (Å²) in [7, 11) is 0. The van der Waals surface area contributed by atoms with Gasteiger partial charge < -0.3 is 15.5 Å². The third-order valence-electron chi connectivity index (χ3n) is 1.29. The average Bonchev–Trinajstić information content (AvgIpc) is 1.82. The quantitative estimate of drug-likeness (QED) is 0.513. The molecular weight excluding hydrogens is 130 g/mol. The molecule has 0 amide bonds. The second-order valence-electron chi connectivity index (χ2n) is 2.87. The Morgan fingerprint density at radius 3 is 2.00 bits per heavy atom. The van der Waals surface area contributed by atoms with E-state index in [2.05, 4.69) is 5.32 Å². The number of aliphatic hydroxyl groups excluding tert-OH is 2. The van der Waals surface area contributed by atoms with E-state index in [9.17, 15) is 0 Å². The van der Waals surface area contributed by atoms with Crippen molar-refractivity contribution >= 4 is 0 Å². The summed E-state index contributed by atoms with van der Waals surface area (Å²) in [5, 5.41) is 20.9. The molecule has 0 radical (unpaired) electrons. The second-order valence-corrected chi connectivity index (χ2v) is 2.87. The monoisotopic (exact) mass is 147 g/mol. The molecule has 0 fully saturated rings. The maximum atomic E-state index is 9.06. The molecule has 2 atom stereocenters. The number of hydrogen-bond donors (Lipinski definition) is 3. The summed E-state index contributed by atoms with van der Waals surface area (Å²) in [4.78, 5) is 0. The molecule has 10 heavy (non-hydrogen) atoms. The summed E-state index contributed by atoms with van der Waals surface area (Å²) in [5.41, 5.74) is 0. The lowest BCUT2D eigenvalue weighted by molar-refractivity contribution is 0.0309. The van der Waals surface area contributed by atoms with Gasteiger partial charge in [0.05, 0.1) is 12.2 Å². The highest BCUT2D eigenvalue weighted by Crippen LogP contribution is 1.89. The highest BCUT2D eigenvalue weighted by Gasteiger charge is 2.09. The predicted molar refractivity (Wildman–Crippen MR) is 40.8 cm³/mol. The normalized spacial score (nSPS) is 17.4. The molecule has 0 aromatic rings. The Morgan fingerprint density at radius 1 is 1.20 bits per heavy atom. The number of hydrogen-bond acceptors (Lipinski definition) is 3. The standard InChI is InChI=1S/C7H17NO2/c1-5(2)8-4-7(10)6(3)9/h5-10H,4H2,1-3H3. The van der Waals surface area contributed by atoms with Crippen molar-refractivity contribution in [3.8, 4) is 0 Å². The van der Waals surface area contributed by atoms with Gasteiger partial charge in [0, 0.05) is 12.6 Å². The molecule has 3 N–H and O–H groups in total.